The van der Waals surface area contributed by atoms with Gasteiger partial charge in [0, 0.05) is 12.2 Å². The van der Waals surface area contributed by atoms with Crippen molar-refractivity contribution < 1.29 is 23.5 Å². The van der Waals surface area contributed by atoms with Gasteiger partial charge in [-0.2, -0.15) is 0 Å². The summed E-state index contributed by atoms with van der Waals surface area (Å²) in [5.41, 5.74) is 4.24. The third-order valence-electron chi connectivity index (χ3n) is 6.46. The van der Waals surface area contributed by atoms with Crippen LogP contribution in [0.4, 0.5) is 14.9 Å². The van der Waals surface area contributed by atoms with Crippen molar-refractivity contribution >= 4 is 17.6 Å². The smallest absolute Gasteiger partial charge is 0.318 e. The standard InChI is InChI=1S/C28H30FN3O4/c1-17-7-5-6-8-23(17)31-27(33)18(2)30-28(34)32-14-13-20-15-24(35-3)25(36-4)16-22(20)26(32)19-9-11-21(29)12-10-19/h5-12,15-16,18,26H,13-14H2,1-4H3,(H,30,34)(H,31,33)/t18-,26?/m0/s1. The molecule has 0 aromatic heterocycles. The van der Waals surface area contributed by atoms with Crippen molar-refractivity contribution in [3.8, 4) is 11.5 Å². The average Bonchev–Trinajstić information content (AvgIpc) is 2.88. The Morgan fingerprint density at radius 2 is 1.69 bits per heavy atom. The molecule has 8 heteroatoms. The minimum Gasteiger partial charge on any atom is -0.493 e. The normalized spacial score (nSPS) is 15.5. The van der Waals surface area contributed by atoms with Crippen LogP contribution in [-0.2, 0) is 11.2 Å². The monoisotopic (exact) mass is 491 g/mol. The Morgan fingerprint density at radius 3 is 2.36 bits per heavy atom. The molecule has 0 bridgehead atoms. The van der Waals surface area contributed by atoms with Crippen molar-refractivity contribution in [3.05, 3.63) is 88.7 Å². The van der Waals surface area contributed by atoms with Crippen LogP contribution in [0.5, 0.6) is 11.5 Å². The number of hydrogen-bond donors (Lipinski definition) is 2. The van der Waals surface area contributed by atoms with Gasteiger partial charge in [-0.05, 0) is 72.9 Å². The fraction of sp³-hybridized carbons (Fsp3) is 0.286. The highest BCUT2D eigenvalue weighted by molar-refractivity contribution is 5.97. The maximum Gasteiger partial charge on any atom is 0.318 e. The molecule has 188 valence electrons. The van der Waals surface area contributed by atoms with E-state index in [1.165, 1.54) is 12.1 Å². The second-order valence-corrected chi connectivity index (χ2v) is 8.78. The van der Waals surface area contributed by atoms with Crippen LogP contribution in [0, 0.1) is 12.7 Å². The Bertz CT molecular complexity index is 1260. The zero-order chi connectivity index (χ0) is 25.8. The molecule has 3 amide bonds. The average molecular weight is 492 g/mol. The number of nitrogens with one attached hydrogen (secondary N) is 2. The molecule has 3 aromatic rings. The van der Waals surface area contributed by atoms with E-state index in [2.05, 4.69) is 10.6 Å². The lowest BCUT2D eigenvalue weighted by Gasteiger charge is -2.38. The molecule has 4 rings (SSSR count). The summed E-state index contributed by atoms with van der Waals surface area (Å²) in [7, 11) is 3.13. The van der Waals surface area contributed by atoms with Crippen LogP contribution in [0.3, 0.4) is 0 Å². The maximum absolute atomic E-state index is 13.7. The van der Waals surface area contributed by atoms with Gasteiger partial charge in [0.1, 0.15) is 11.9 Å². The number of aryl methyl sites for hydroxylation is 1. The molecular weight excluding hydrogens is 461 g/mol. The molecule has 3 aromatic carbocycles. The number of nitrogens with zero attached hydrogens (tertiary/aromatic N) is 1. The van der Waals surface area contributed by atoms with Crippen LogP contribution in [-0.4, -0.2) is 43.6 Å². The quantitative estimate of drug-likeness (QED) is 0.517. The van der Waals surface area contributed by atoms with E-state index in [0.717, 1.165) is 22.3 Å². The molecule has 0 saturated heterocycles. The molecule has 0 fully saturated rings. The van der Waals surface area contributed by atoms with Gasteiger partial charge >= 0.3 is 6.03 Å². The number of carbonyl (C=O) groups is 2. The van der Waals surface area contributed by atoms with Crippen molar-refractivity contribution in [2.75, 3.05) is 26.1 Å². The Balaban J connectivity index is 1.62. The first-order valence-corrected chi connectivity index (χ1v) is 11.8. The number of halogens is 1. The zero-order valence-electron chi connectivity index (χ0n) is 20.8. The first kappa shape index (κ1) is 25.0. The molecule has 0 spiro atoms. The van der Waals surface area contributed by atoms with Gasteiger partial charge in [-0.15, -0.1) is 0 Å². The highest BCUT2D eigenvalue weighted by atomic mass is 19.1. The van der Waals surface area contributed by atoms with Crippen molar-refractivity contribution in [3.63, 3.8) is 0 Å². The number of hydrogen-bond acceptors (Lipinski definition) is 4. The molecule has 7 nitrogen and oxygen atoms in total. The molecule has 1 aliphatic heterocycles. The molecule has 0 aliphatic carbocycles. The van der Waals surface area contributed by atoms with Gasteiger partial charge in [0.15, 0.2) is 11.5 Å². The molecule has 0 saturated carbocycles. The molecule has 0 radical (unpaired) electrons. The number of benzene rings is 3. The van der Waals surface area contributed by atoms with Crippen molar-refractivity contribution in [2.24, 2.45) is 0 Å². The van der Waals surface area contributed by atoms with Gasteiger partial charge in [-0.25, -0.2) is 9.18 Å². The number of fused-ring (bicyclic) bond motifs is 1. The van der Waals surface area contributed by atoms with E-state index in [0.29, 0.717) is 30.2 Å². The fourth-order valence-electron chi connectivity index (χ4n) is 4.46. The molecule has 2 N–H and O–H groups in total. The van der Waals surface area contributed by atoms with Crippen molar-refractivity contribution in [1.82, 2.24) is 10.2 Å². The second-order valence-electron chi connectivity index (χ2n) is 8.78. The summed E-state index contributed by atoms with van der Waals surface area (Å²) in [6, 6.07) is 15.6. The lowest BCUT2D eigenvalue weighted by molar-refractivity contribution is -0.117. The number of rotatable bonds is 6. The molecule has 36 heavy (non-hydrogen) atoms. The summed E-state index contributed by atoms with van der Waals surface area (Å²) in [6.45, 7) is 3.95. The van der Waals surface area contributed by atoms with Crippen LogP contribution < -0.4 is 20.1 Å². The van der Waals surface area contributed by atoms with Gasteiger partial charge in [0.25, 0.3) is 0 Å². The first-order chi connectivity index (χ1) is 17.3. The Kier molecular flexibility index (Phi) is 7.43. The van der Waals surface area contributed by atoms with E-state index in [4.69, 9.17) is 9.47 Å². The van der Waals surface area contributed by atoms with E-state index >= 15 is 0 Å². The summed E-state index contributed by atoms with van der Waals surface area (Å²) < 4.78 is 24.7. The second kappa shape index (κ2) is 10.7. The Morgan fingerprint density at radius 1 is 1.03 bits per heavy atom. The number of para-hydroxylation sites is 1. The third-order valence-corrected chi connectivity index (χ3v) is 6.46. The highest BCUT2D eigenvalue weighted by Crippen LogP contribution is 2.41. The largest absolute Gasteiger partial charge is 0.493 e. The summed E-state index contributed by atoms with van der Waals surface area (Å²) in [4.78, 5) is 27.9. The molecule has 1 aliphatic rings. The van der Waals surface area contributed by atoms with Gasteiger partial charge in [0.2, 0.25) is 5.91 Å². The number of anilines is 1. The van der Waals surface area contributed by atoms with Crippen LogP contribution in [0.25, 0.3) is 0 Å². The predicted octanol–water partition coefficient (Wildman–Crippen LogP) is 4.84. The number of urea groups is 1. The van der Waals surface area contributed by atoms with Gasteiger partial charge < -0.3 is 25.0 Å². The number of methoxy groups -OCH3 is 2. The lowest BCUT2D eigenvalue weighted by atomic mass is 9.88. The SMILES string of the molecule is COc1cc2c(cc1OC)C(c1ccc(F)cc1)N(C(=O)N[C@@H](C)C(=O)Nc1ccccc1C)CC2. The minimum atomic E-state index is -0.780. The van der Waals surface area contributed by atoms with Crippen LogP contribution in [0.2, 0.25) is 0 Å². The van der Waals surface area contributed by atoms with Gasteiger partial charge in [-0.1, -0.05) is 30.3 Å². The predicted molar refractivity (Wildman–Crippen MR) is 136 cm³/mol. The Labute approximate surface area is 210 Å². The van der Waals surface area contributed by atoms with E-state index in [-0.39, 0.29) is 11.7 Å². The molecule has 1 heterocycles. The summed E-state index contributed by atoms with van der Waals surface area (Å²) >= 11 is 0. The molecular formula is C28H30FN3O4. The zero-order valence-corrected chi connectivity index (χ0v) is 20.8. The van der Waals surface area contributed by atoms with Crippen molar-refractivity contribution in [2.45, 2.75) is 32.4 Å². The third kappa shape index (κ3) is 5.12. The van der Waals surface area contributed by atoms with Crippen LogP contribution in [0.1, 0.15) is 35.2 Å². The molecule has 1 unspecified atom stereocenters. The van der Waals surface area contributed by atoms with E-state index < -0.39 is 18.1 Å². The molecule has 2 atom stereocenters. The topological polar surface area (TPSA) is 79.9 Å². The Hall–Kier alpha value is -4.07. The highest BCUT2D eigenvalue weighted by Gasteiger charge is 2.34. The van der Waals surface area contributed by atoms with E-state index in [1.807, 2.05) is 43.3 Å². The van der Waals surface area contributed by atoms with E-state index in [9.17, 15) is 14.0 Å². The van der Waals surface area contributed by atoms with Gasteiger partial charge in [0.05, 0.1) is 20.3 Å². The van der Waals surface area contributed by atoms with E-state index in [1.54, 1.807) is 38.2 Å². The minimum absolute atomic E-state index is 0.320. The lowest BCUT2D eigenvalue weighted by Crippen LogP contribution is -2.51. The first-order valence-electron chi connectivity index (χ1n) is 11.8. The number of ether oxygens (including phenoxy) is 2. The van der Waals surface area contributed by atoms with Crippen LogP contribution >= 0.6 is 0 Å². The summed E-state index contributed by atoms with van der Waals surface area (Å²) in [6.07, 6.45) is 0.588. The van der Waals surface area contributed by atoms with Gasteiger partial charge in [-0.3, -0.25) is 4.79 Å². The summed E-state index contributed by atoms with van der Waals surface area (Å²) in [5.74, 6) is 0.462. The number of carbonyl (C=O) groups excluding carboxylic acids is 2. The maximum atomic E-state index is 13.7. The van der Waals surface area contributed by atoms with Crippen molar-refractivity contribution in [1.29, 1.82) is 0 Å². The van der Waals surface area contributed by atoms with Crippen LogP contribution in [0.15, 0.2) is 60.7 Å². The number of amides is 3. The summed E-state index contributed by atoms with van der Waals surface area (Å²) in [5, 5.41) is 5.69. The fourth-order valence-corrected chi connectivity index (χ4v) is 4.46.